The highest BCUT2D eigenvalue weighted by atomic mass is 19.1. The number of nitrogens with zero attached hydrogens (tertiary/aromatic N) is 1. The van der Waals surface area contributed by atoms with E-state index >= 15 is 4.39 Å². The van der Waals surface area contributed by atoms with Crippen LogP contribution in [0, 0.1) is 18.7 Å². The van der Waals surface area contributed by atoms with Crippen molar-refractivity contribution in [2.24, 2.45) is 5.92 Å². The molecule has 0 radical (unpaired) electrons. The lowest BCUT2D eigenvalue weighted by Crippen LogP contribution is -2.56. The minimum atomic E-state index is -2.03. The number of aromatic nitrogens is 1. The highest BCUT2D eigenvalue weighted by molar-refractivity contribution is 6.03. The lowest BCUT2D eigenvalue weighted by molar-refractivity contribution is -0.164. The van der Waals surface area contributed by atoms with E-state index in [1.54, 1.807) is 50.3 Å². The van der Waals surface area contributed by atoms with E-state index in [0.29, 0.717) is 74.6 Å². The van der Waals surface area contributed by atoms with Crippen LogP contribution in [0.3, 0.4) is 0 Å². The number of hydrogen-bond donors (Lipinski definition) is 7. The van der Waals surface area contributed by atoms with Crippen LogP contribution in [-0.2, 0) is 67.1 Å². The number of cyclic esters (lactones) is 1. The third kappa shape index (κ3) is 11.2. The molecule has 1 unspecified atom stereocenters. The van der Waals surface area contributed by atoms with Crippen LogP contribution >= 0.6 is 0 Å². The minimum absolute atomic E-state index is 0.0205. The molecule has 18 nitrogen and oxygen atoms in total. The zero-order valence-corrected chi connectivity index (χ0v) is 41.6. The van der Waals surface area contributed by atoms with Gasteiger partial charge >= 0.3 is 5.97 Å². The quantitative estimate of drug-likeness (QED) is 0.0489. The van der Waals surface area contributed by atoms with Crippen molar-refractivity contribution in [1.82, 2.24) is 36.9 Å². The number of aliphatic hydroxyl groups is 1. The summed E-state index contributed by atoms with van der Waals surface area (Å²) in [6.07, 6.45) is 8.06. The molecule has 2 heterocycles. The number of aryl methyl sites for hydroxylation is 1. The molecule has 388 valence electrons. The second kappa shape index (κ2) is 22.5. The van der Waals surface area contributed by atoms with Gasteiger partial charge in [0.15, 0.2) is 11.4 Å². The number of nitrogens with one attached hydrogen (secondary N) is 6. The van der Waals surface area contributed by atoms with Crippen molar-refractivity contribution in [1.29, 1.82) is 0 Å². The third-order valence-corrected chi connectivity index (χ3v) is 15.0. The van der Waals surface area contributed by atoms with Crippen molar-refractivity contribution in [3.05, 3.63) is 92.9 Å². The molecule has 19 heteroatoms. The number of carbonyl (C=O) groups is 8. The van der Waals surface area contributed by atoms with Gasteiger partial charge in [-0.1, -0.05) is 57.0 Å². The molecule has 5 aliphatic rings. The molecule has 4 aliphatic carbocycles. The van der Waals surface area contributed by atoms with E-state index in [9.17, 15) is 43.5 Å². The molecule has 0 spiro atoms. The molecule has 4 atom stereocenters. The van der Waals surface area contributed by atoms with Gasteiger partial charge < -0.3 is 46.5 Å². The van der Waals surface area contributed by atoms with Crippen LogP contribution < -0.4 is 31.9 Å². The molecule has 8 rings (SSSR count). The number of ether oxygens (including phenoxy) is 2. The zero-order valence-electron chi connectivity index (χ0n) is 41.6. The van der Waals surface area contributed by atoms with Crippen LogP contribution in [0.2, 0.25) is 0 Å². The Bertz CT molecular complexity index is 2790. The van der Waals surface area contributed by atoms with E-state index in [0.717, 1.165) is 46.1 Å². The number of benzene rings is 2. The molecule has 1 fully saturated rings. The van der Waals surface area contributed by atoms with E-state index in [-0.39, 0.29) is 73.8 Å². The molecule has 3 aromatic rings. The van der Waals surface area contributed by atoms with Gasteiger partial charge in [-0.15, -0.1) is 0 Å². The molecule has 73 heavy (non-hydrogen) atoms. The molecule has 1 aliphatic heterocycles. The van der Waals surface area contributed by atoms with Gasteiger partial charge in [0.05, 0.1) is 36.9 Å². The SMILES string of the molecule is CCCCCC(=O)NCC(=O)NCC(=O)N[C@@H](Cc1ccccc1)C(=O)NCC(=O)NCOC1(C(=O)N[C@H]2CCc3c(C)c(F)cc4nc5c(c2c34)CC2CCC(=O)C3=C(C=C52)[C@@](O)(CC)C(=O)OC3)CCC1. The number of amides is 6. The van der Waals surface area contributed by atoms with Crippen molar-refractivity contribution in [2.45, 2.75) is 134 Å². The number of pyridine rings is 1. The highest BCUT2D eigenvalue weighted by Crippen LogP contribution is 2.50. The molecular formula is C54H64FN7O11. The Balaban J connectivity index is 0.916. The van der Waals surface area contributed by atoms with Gasteiger partial charge in [-0.2, -0.15) is 0 Å². The summed E-state index contributed by atoms with van der Waals surface area (Å²) in [5.74, 6) is -4.81. The van der Waals surface area contributed by atoms with Crippen molar-refractivity contribution >= 4 is 63.7 Å². The van der Waals surface area contributed by atoms with Gasteiger partial charge in [-0.05, 0) is 110 Å². The summed E-state index contributed by atoms with van der Waals surface area (Å²) in [7, 11) is 0. The second-order valence-corrected chi connectivity index (χ2v) is 19.7. The lowest BCUT2D eigenvalue weighted by atomic mass is 9.77. The number of halogens is 1. The maximum absolute atomic E-state index is 15.6. The number of ketones is 1. The maximum Gasteiger partial charge on any atom is 0.343 e. The van der Waals surface area contributed by atoms with Gasteiger partial charge in [0.2, 0.25) is 29.5 Å². The van der Waals surface area contributed by atoms with E-state index in [1.165, 1.54) is 6.07 Å². The number of allylic oxidation sites excluding steroid dienone is 1. The Morgan fingerprint density at radius 2 is 1.63 bits per heavy atom. The molecular weight excluding hydrogens is 942 g/mol. The van der Waals surface area contributed by atoms with Crippen LogP contribution in [0.5, 0.6) is 0 Å². The predicted octanol–water partition coefficient (Wildman–Crippen LogP) is 3.37. The molecule has 0 saturated heterocycles. The van der Waals surface area contributed by atoms with Crippen molar-refractivity contribution in [2.75, 3.05) is 33.0 Å². The molecule has 0 bridgehead atoms. The molecule has 1 saturated carbocycles. The summed E-state index contributed by atoms with van der Waals surface area (Å²) in [6, 6.07) is 8.67. The number of hydrogen-bond acceptors (Lipinski definition) is 12. The van der Waals surface area contributed by atoms with Gasteiger partial charge in [0, 0.05) is 41.9 Å². The van der Waals surface area contributed by atoms with Crippen molar-refractivity contribution in [3.63, 3.8) is 0 Å². The summed E-state index contributed by atoms with van der Waals surface area (Å²) >= 11 is 0. The summed E-state index contributed by atoms with van der Waals surface area (Å²) in [5.41, 5.74) is 2.53. The Hall–Kier alpha value is -6.86. The Labute approximate surface area is 422 Å². The van der Waals surface area contributed by atoms with Gasteiger partial charge in [-0.25, -0.2) is 14.2 Å². The summed E-state index contributed by atoms with van der Waals surface area (Å²) in [5, 5.41) is 28.4. The van der Waals surface area contributed by atoms with Crippen LogP contribution in [0.15, 0.2) is 53.6 Å². The van der Waals surface area contributed by atoms with Crippen LogP contribution in [0.1, 0.15) is 124 Å². The standard InChI is InChI=1S/C54H64FN7O11/c1-4-6-8-14-43(64)56-25-44(65)57-27-46(67)60-41(21-31-12-9-7-10-13-31)50(68)58-26-45(66)59-29-73-53(19-11-20-53)51(69)62-39-17-16-33-30(3)38(55)24-40-47(33)48(39)35-22-32-15-18-42(63)36-28-72-52(70)54(71,5-2)37(36)23-34(32)49(35)61-40/h7,9-10,12-13,23-24,32,39,41,71H,4-6,8,11,14-22,25-29H2,1-3H3,(H,56,64)(H,57,65)(H,58,68)(H,59,66)(H,60,67)(H,62,69)/t32?,39-,41-,54-/m0/s1. The normalized spacial score (nSPS) is 20.9. The first kappa shape index (κ1) is 52.5. The van der Waals surface area contributed by atoms with Gasteiger partial charge in [-0.3, -0.25) is 33.6 Å². The molecule has 7 N–H and O–H groups in total. The predicted molar refractivity (Wildman–Crippen MR) is 264 cm³/mol. The topological polar surface area (TPSA) is 260 Å². The maximum atomic E-state index is 15.6. The molecule has 6 amide bonds. The Morgan fingerprint density at radius 1 is 0.904 bits per heavy atom. The molecule has 2 aromatic carbocycles. The second-order valence-electron chi connectivity index (χ2n) is 19.7. The number of unbranched alkanes of at least 4 members (excludes halogenated alkanes) is 2. The van der Waals surface area contributed by atoms with Crippen molar-refractivity contribution < 1.29 is 57.3 Å². The number of Topliss-reactive ketones (excluding diaryl/α,β-unsaturated/α-hetero) is 1. The lowest BCUT2D eigenvalue weighted by Gasteiger charge is -2.41. The fourth-order valence-electron chi connectivity index (χ4n) is 10.6. The minimum Gasteiger partial charge on any atom is -0.458 e. The number of rotatable bonds is 20. The number of esters is 1. The first-order valence-electron chi connectivity index (χ1n) is 25.4. The smallest absolute Gasteiger partial charge is 0.343 e. The van der Waals surface area contributed by atoms with Crippen LogP contribution in [-0.4, -0.2) is 108 Å². The van der Waals surface area contributed by atoms with Gasteiger partial charge in [0.25, 0.3) is 5.91 Å². The fraction of sp³-hybridized carbons (Fsp3) is 0.500. The van der Waals surface area contributed by atoms with Crippen LogP contribution in [0.4, 0.5) is 4.39 Å². The zero-order chi connectivity index (χ0) is 52.0. The van der Waals surface area contributed by atoms with E-state index in [1.807, 2.05) is 6.92 Å². The van der Waals surface area contributed by atoms with Crippen molar-refractivity contribution in [3.8, 4) is 0 Å². The first-order chi connectivity index (χ1) is 35.0. The summed E-state index contributed by atoms with van der Waals surface area (Å²) in [4.78, 5) is 110. The fourth-order valence-corrected chi connectivity index (χ4v) is 10.6. The Kier molecular flexibility index (Phi) is 16.2. The summed E-state index contributed by atoms with van der Waals surface area (Å²) < 4.78 is 27.1. The summed E-state index contributed by atoms with van der Waals surface area (Å²) in [6.45, 7) is 3.57. The molecule has 1 aromatic heterocycles. The highest BCUT2D eigenvalue weighted by Gasteiger charge is 2.49. The first-order valence-corrected chi connectivity index (χ1v) is 25.4. The average molecular weight is 1010 g/mol. The van der Waals surface area contributed by atoms with Crippen LogP contribution in [0.25, 0.3) is 16.5 Å². The largest absolute Gasteiger partial charge is 0.458 e. The third-order valence-electron chi connectivity index (χ3n) is 15.0. The van der Waals surface area contributed by atoms with E-state index in [4.69, 9.17) is 14.5 Å². The Morgan fingerprint density at radius 3 is 2.36 bits per heavy atom. The number of fused-ring (bicyclic) bond motifs is 4. The van der Waals surface area contributed by atoms with E-state index in [2.05, 4.69) is 31.9 Å². The number of carbonyl (C=O) groups excluding carboxylic acids is 8. The monoisotopic (exact) mass is 1010 g/mol. The average Bonchev–Trinajstić information content (AvgIpc) is 3.70. The van der Waals surface area contributed by atoms with E-state index < -0.39 is 71.8 Å². The van der Waals surface area contributed by atoms with Gasteiger partial charge in [0.1, 0.15) is 30.8 Å².